The largest absolute Gasteiger partial charge is 0.477 e. The van der Waals surface area contributed by atoms with Gasteiger partial charge in [0.15, 0.2) is 9.84 Å². The summed E-state index contributed by atoms with van der Waals surface area (Å²) in [5, 5.41) is 15.0. The lowest BCUT2D eigenvalue weighted by Gasteiger charge is -1.99. The Balaban J connectivity index is 2.37. The molecule has 0 saturated heterocycles. The molecule has 2 N–H and O–H groups in total. The van der Waals surface area contributed by atoms with Gasteiger partial charge in [-0.25, -0.2) is 13.2 Å². The lowest BCUT2D eigenvalue weighted by atomic mass is 10.1. The fourth-order valence-corrected chi connectivity index (χ4v) is 2.08. The van der Waals surface area contributed by atoms with E-state index >= 15 is 0 Å². The molecule has 0 radical (unpaired) electrons. The number of carboxylic acids is 1. The summed E-state index contributed by atoms with van der Waals surface area (Å²) in [5.41, 5.74) is 1.08. The van der Waals surface area contributed by atoms with Crippen molar-refractivity contribution in [3.05, 3.63) is 36.0 Å². The molecule has 7 heteroatoms. The SMILES string of the molecule is CS(=O)(=O)c1ccc(-c2cc(C(=O)O)[nH]n2)cc1. The van der Waals surface area contributed by atoms with Crippen LogP contribution in [0.4, 0.5) is 0 Å². The standard InChI is InChI=1S/C11H10N2O4S/c1-18(16,17)8-4-2-7(3-5-8)9-6-10(11(14)15)13-12-9/h2-6H,1H3,(H,12,13)(H,14,15). The summed E-state index contributed by atoms with van der Waals surface area (Å²) in [6.45, 7) is 0. The quantitative estimate of drug-likeness (QED) is 0.868. The van der Waals surface area contributed by atoms with E-state index in [9.17, 15) is 13.2 Å². The molecule has 0 spiro atoms. The summed E-state index contributed by atoms with van der Waals surface area (Å²) in [6.07, 6.45) is 1.12. The molecule has 0 aliphatic carbocycles. The van der Waals surface area contributed by atoms with Gasteiger partial charge in [0.05, 0.1) is 10.6 Å². The summed E-state index contributed by atoms with van der Waals surface area (Å²) < 4.78 is 22.5. The third kappa shape index (κ3) is 2.40. The summed E-state index contributed by atoms with van der Waals surface area (Å²) in [6, 6.07) is 7.47. The van der Waals surface area contributed by atoms with Gasteiger partial charge in [0.25, 0.3) is 0 Å². The highest BCUT2D eigenvalue weighted by atomic mass is 32.2. The molecule has 1 aromatic carbocycles. The highest BCUT2D eigenvalue weighted by Gasteiger charge is 2.11. The molecule has 1 aromatic heterocycles. The summed E-state index contributed by atoms with van der Waals surface area (Å²) in [5.74, 6) is -1.10. The van der Waals surface area contributed by atoms with Crippen molar-refractivity contribution in [1.82, 2.24) is 10.2 Å². The van der Waals surface area contributed by atoms with Crippen molar-refractivity contribution >= 4 is 15.8 Å². The van der Waals surface area contributed by atoms with Gasteiger partial charge in [-0.3, -0.25) is 5.10 Å². The van der Waals surface area contributed by atoms with Gasteiger partial charge in [0.1, 0.15) is 5.69 Å². The Kier molecular flexibility index (Phi) is 2.92. The van der Waals surface area contributed by atoms with Gasteiger partial charge in [-0.15, -0.1) is 0 Å². The number of H-pyrrole nitrogens is 1. The fourth-order valence-electron chi connectivity index (χ4n) is 1.45. The first-order valence-electron chi connectivity index (χ1n) is 4.97. The average molecular weight is 266 g/mol. The number of carboxylic acid groups (broad SMARTS) is 1. The van der Waals surface area contributed by atoms with Crippen LogP contribution in [0.15, 0.2) is 35.2 Å². The van der Waals surface area contributed by atoms with E-state index in [-0.39, 0.29) is 10.6 Å². The number of benzene rings is 1. The van der Waals surface area contributed by atoms with Crippen molar-refractivity contribution in [1.29, 1.82) is 0 Å². The van der Waals surface area contributed by atoms with E-state index in [4.69, 9.17) is 5.11 Å². The van der Waals surface area contributed by atoms with Crippen LogP contribution in [0.1, 0.15) is 10.5 Å². The van der Waals surface area contributed by atoms with Crippen molar-refractivity contribution in [2.75, 3.05) is 6.26 Å². The van der Waals surface area contributed by atoms with Crippen LogP contribution in [0.2, 0.25) is 0 Å². The number of aromatic amines is 1. The minimum atomic E-state index is -3.23. The fraction of sp³-hybridized carbons (Fsp3) is 0.0909. The Morgan fingerprint density at radius 3 is 2.33 bits per heavy atom. The third-order valence-electron chi connectivity index (χ3n) is 2.39. The minimum Gasteiger partial charge on any atom is -0.477 e. The van der Waals surface area contributed by atoms with E-state index in [1.807, 2.05) is 0 Å². The van der Waals surface area contributed by atoms with Gasteiger partial charge < -0.3 is 5.11 Å². The number of sulfone groups is 1. The second-order valence-corrected chi connectivity index (χ2v) is 5.78. The topological polar surface area (TPSA) is 100 Å². The van der Waals surface area contributed by atoms with Crippen LogP contribution in [0.25, 0.3) is 11.3 Å². The number of carbonyl (C=O) groups is 1. The molecule has 2 rings (SSSR count). The monoisotopic (exact) mass is 266 g/mol. The van der Waals surface area contributed by atoms with Crippen LogP contribution in [-0.4, -0.2) is 35.9 Å². The molecular formula is C11H10N2O4S. The lowest BCUT2D eigenvalue weighted by Crippen LogP contribution is -1.96. The van der Waals surface area contributed by atoms with Crippen LogP contribution in [0.3, 0.4) is 0 Å². The predicted molar refractivity (Wildman–Crippen MR) is 64.1 cm³/mol. The average Bonchev–Trinajstić information content (AvgIpc) is 2.77. The maximum atomic E-state index is 11.3. The molecule has 0 bridgehead atoms. The smallest absolute Gasteiger partial charge is 0.353 e. The Bertz CT molecular complexity index is 686. The first kappa shape index (κ1) is 12.3. The number of nitrogens with one attached hydrogen (secondary N) is 1. The Morgan fingerprint density at radius 2 is 1.89 bits per heavy atom. The van der Waals surface area contributed by atoms with Crippen LogP contribution < -0.4 is 0 Å². The van der Waals surface area contributed by atoms with Gasteiger partial charge >= 0.3 is 5.97 Å². The lowest BCUT2D eigenvalue weighted by molar-refractivity contribution is 0.0690. The summed E-state index contributed by atoms with van der Waals surface area (Å²) in [7, 11) is -3.23. The molecule has 0 aliphatic rings. The minimum absolute atomic E-state index is 0.0165. The van der Waals surface area contributed by atoms with E-state index in [0.29, 0.717) is 11.3 Å². The highest BCUT2D eigenvalue weighted by Crippen LogP contribution is 2.20. The van der Waals surface area contributed by atoms with Gasteiger partial charge in [-0.1, -0.05) is 12.1 Å². The van der Waals surface area contributed by atoms with Crippen LogP contribution in [-0.2, 0) is 9.84 Å². The number of hydrogen-bond donors (Lipinski definition) is 2. The van der Waals surface area contributed by atoms with Crippen LogP contribution >= 0.6 is 0 Å². The van der Waals surface area contributed by atoms with Crippen LogP contribution in [0, 0.1) is 0 Å². The predicted octanol–water partition coefficient (Wildman–Crippen LogP) is 1.18. The Hall–Kier alpha value is -2.15. The van der Waals surface area contributed by atoms with E-state index < -0.39 is 15.8 Å². The Morgan fingerprint density at radius 1 is 1.28 bits per heavy atom. The van der Waals surface area contributed by atoms with Crippen molar-refractivity contribution in [3.8, 4) is 11.3 Å². The highest BCUT2D eigenvalue weighted by molar-refractivity contribution is 7.90. The van der Waals surface area contributed by atoms with Gasteiger partial charge in [-0.2, -0.15) is 5.10 Å². The third-order valence-corrected chi connectivity index (χ3v) is 3.51. The molecule has 6 nitrogen and oxygen atoms in total. The van der Waals surface area contributed by atoms with Crippen molar-refractivity contribution in [2.45, 2.75) is 4.90 Å². The summed E-state index contributed by atoms with van der Waals surface area (Å²) in [4.78, 5) is 10.9. The number of hydrogen-bond acceptors (Lipinski definition) is 4. The van der Waals surface area contributed by atoms with Crippen molar-refractivity contribution in [3.63, 3.8) is 0 Å². The first-order valence-corrected chi connectivity index (χ1v) is 6.86. The van der Waals surface area contributed by atoms with Gasteiger partial charge in [0.2, 0.25) is 0 Å². The van der Waals surface area contributed by atoms with Crippen molar-refractivity contribution < 1.29 is 18.3 Å². The number of rotatable bonds is 3. The number of aromatic carboxylic acids is 1. The van der Waals surface area contributed by atoms with Gasteiger partial charge in [0, 0.05) is 11.8 Å². The second kappa shape index (κ2) is 4.26. The molecule has 0 saturated carbocycles. The first-order chi connectivity index (χ1) is 8.38. The maximum absolute atomic E-state index is 11.3. The zero-order valence-corrected chi connectivity index (χ0v) is 10.2. The van der Waals surface area contributed by atoms with E-state index in [2.05, 4.69) is 10.2 Å². The van der Waals surface area contributed by atoms with E-state index in [1.54, 1.807) is 12.1 Å². The molecule has 0 aliphatic heterocycles. The number of nitrogens with zero attached hydrogens (tertiary/aromatic N) is 1. The van der Waals surface area contributed by atoms with E-state index in [0.717, 1.165) is 6.26 Å². The maximum Gasteiger partial charge on any atom is 0.353 e. The molecule has 94 valence electrons. The zero-order valence-electron chi connectivity index (χ0n) is 9.41. The molecule has 0 unspecified atom stereocenters. The Labute approximate surface area is 103 Å². The molecule has 1 heterocycles. The second-order valence-electron chi connectivity index (χ2n) is 3.77. The molecule has 18 heavy (non-hydrogen) atoms. The summed E-state index contributed by atoms with van der Waals surface area (Å²) >= 11 is 0. The molecular weight excluding hydrogens is 256 g/mol. The molecule has 2 aromatic rings. The zero-order chi connectivity index (χ0) is 13.3. The van der Waals surface area contributed by atoms with E-state index in [1.165, 1.54) is 18.2 Å². The molecule has 0 amide bonds. The normalized spacial score (nSPS) is 11.4. The van der Waals surface area contributed by atoms with Crippen molar-refractivity contribution in [2.24, 2.45) is 0 Å². The van der Waals surface area contributed by atoms with Gasteiger partial charge in [-0.05, 0) is 18.2 Å². The number of aromatic nitrogens is 2. The molecule has 0 atom stereocenters. The molecule has 0 fully saturated rings. The van der Waals surface area contributed by atoms with Crippen LogP contribution in [0.5, 0.6) is 0 Å².